The lowest BCUT2D eigenvalue weighted by Crippen LogP contribution is -2.51. The SMILES string of the molecule is Cc1ccc(N2C(=O)[C@H]3[C@@H](c4cccc(Br)c4)OC4(C(=O)c5ccccc5C4=O)[C@@H]3C2=O)cc1Cl. The molecule has 1 aliphatic carbocycles. The number of nitrogens with zero attached hydrogens (tertiary/aromatic N) is 1. The zero-order valence-electron chi connectivity index (χ0n) is 18.3. The van der Waals surface area contributed by atoms with E-state index >= 15 is 0 Å². The molecule has 1 spiro atoms. The molecule has 3 aliphatic rings. The van der Waals surface area contributed by atoms with Gasteiger partial charge in [-0.25, -0.2) is 4.90 Å². The van der Waals surface area contributed by atoms with E-state index < -0.39 is 46.9 Å². The molecule has 2 heterocycles. The summed E-state index contributed by atoms with van der Waals surface area (Å²) >= 11 is 9.72. The molecule has 6 nitrogen and oxygen atoms in total. The van der Waals surface area contributed by atoms with Crippen LogP contribution in [0.1, 0.15) is 37.9 Å². The van der Waals surface area contributed by atoms with Crippen molar-refractivity contribution in [3.05, 3.63) is 98.5 Å². The molecule has 0 unspecified atom stereocenters. The third-order valence-corrected chi connectivity index (χ3v) is 8.01. The maximum Gasteiger partial charge on any atom is 0.241 e. The van der Waals surface area contributed by atoms with Gasteiger partial charge in [0.05, 0.1) is 23.6 Å². The summed E-state index contributed by atoms with van der Waals surface area (Å²) in [5.41, 5.74) is -0.0296. The number of amides is 2. The highest BCUT2D eigenvalue weighted by molar-refractivity contribution is 9.10. The van der Waals surface area contributed by atoms with Crippen molar-refractivity contribution in [2.24, 2.45) is 11.8 Å². The van der Waals surface area contributed by atoms with Gasteiger partial charge in [0, 0.05) is 20.6 Å². The van der Waals surface area contributed by atoms with Gasteiger partial charge in [0.2, 0.25) is 29.0 Å². The van der Waals surface area contributed by atoms with E-state index in [0.717, 1.165) is 14.9 Å². The first-order valence-corrected chi connectivity index (χ1v) is 12.2. The van der Waals surface area contributed by atoms with E-state index in [1.54, 1.807) is 60.7 Å². The Bertz CT molecular complexity index is 1450. The van der Waals surface area contributed by atoms with Crippen LogP contribution in [-0.2, 0) is 14.3 Å². The zero-order valence-corrected chi connectivity index (χ0v) is 20.7. The number of anilines is 1. The molecule has 3 aromatic rings. The van der Waals surface area contributed by atoms with E-state index in [9.17, 15) is 19.2 Å². The molecule has 0 bridgehead atoms. The van der Waals surface area contributed by atoms with Crippen LogP contribution in [0.15, 0.2) is 71.2 Å². The van der Waals surface area contributed by atoms with Crippen molar-refractivity contribution in [1.29, 1.82) is 0 Å². The second-order valence-corrected chi connectivity index (χ2v) is 10.3. The molecule has 2 saturated heterocycles. The van der Waals surface area contributed by atoms with Crippen LogP contribution < -0.4 is 4.90 Å². The first-order valence-electron chi connectivity index (χ1n) is 11.0. The normalized spacial score (nSPS) is 24.4. The number of ketones is 2. The van der Waals surface area contributed by atoms with Crippen molar-refractivity contribution in [2.45, 2.75) is 18.6 Å². The summed E-state index contributed by atoms with van der Waals surface area (Å²) in [7, 11) is 0. The van der Waals surface area contributed by atoms with Crippen molar-refractivity contribution < 1.29 is 23.9 Å². The van der Waals surface area contributed by atoms with Crippen molar-refractivity contribution >= 4 is 56.6 Å². The van der Waals surface area contributed by atoms with Crippen LogP contribution in [0.4, 0.5) is 5.69 Å². The lowest BCUT2D eigenvalue weighted by Gasteiger charge is -2.27. The molecule has 3 atom stereocenters. The second kappa shape index (κ2) is 7.68. The quantitative estimate of drug-likeness (QED) is 0.327. The molecular weight excluding hydrogens is 534 g/mol. The monoisotopic (exact) mass is 549 g/mol. The lowest BCUT2D eigenvalue weighted by atomic mass is 9.77. The van der Waals surface area contributed by atoms with Gasteiger partial charge in [0.25, 0.3) is 0 Å². The molecule has 6 rings (SSSR count). The number of hydrogen-bond donors (Lipinski definition) is 0. The maximum absolute atomic E-state index is 13.9. The topological polar surface area (TPSA) is 80.8 Å². The standard InChI is InChI=1S/C27H17BrClNO5/c1-13-9-10-16(12-19(13)29)30-25(33)20-21(26(30)34)27(35-22(20)14-5-4-6-15(28)11-14)23(31)17-7-2-3-8-18(17)24(27)32/h2-12,20-22H,1H3/t20-,21+,22-/m1/s1. The minimum absolute atomic E-state index is 0.197. The molecule has 174 valence electrons. The Morgan fingerprint density at radius 1 is 0.886 bits per heavy atom. The first-order chi connectivity index (χ1) is 16.8. The Labute approximate surface area is 214 Å². The minimum Gasteiger partial charge on any atom is -0.349 e. The van der Waals surface area contributed by atoms with Crippen LogP contribution in [0, 0.1) is 18.8 Å². The van der Waals surface area contributed by atoms with Gasteiger partial charge in [-0.3, -0.25) is 19.2 Å². The fourth-order valence-corrected chi connectivity index (χ4v) is 6.07. The summed E-state index contributed by atoms with van der Waals surface area (Å²) in [6.07, 6.45) is -0.970. The zero-order chi connectivity index (χ0) is 24.6. The van der Waals surface area contributed by atoms with Gasteiger partial charge in [-0.1, -0.05) is 70.0 Å². The number of ether oxygens (including phenoxy) is 1. The fourth-order valence-electron chi connectivity index (χ4n) is 5.48. The molecule has 0 aromatic heterocycles. The summed E-state index contributed by atoms with van der Waals surface area (Å²) in [5.74, 6) is -4.71. The number of halogens is 2. The molecule has 0 radical (unpaired) electrons. The van der Waals surface area contributed by atoms with E-state index in [-0.39, 0.29) is 11.1 Å². The van der Waals surface area contributed by atoms with Crippen LogP contribution in [0.5, 0.6) is 0 Å². The van der Waals surface area contributed by atoms with Gasteiger partial charge >= 0.3 is 0 Å². The van der Waals surface area contributed by atoms with Gasteiger partial charge in [-0.05, 0) is 42.3 Å². The number of rotatable bonds is 2. The van der Waals surface area contributed by atoms with E-state index in [0.29, 0.717) is 16.3 Å². The van der Waals surface area contributed by atoms with Gasteiger partial charge < -0.3 is 4.74 Å². The molecule has 35 heavy (non-hydrogen) atoms. The number of carbonyl (C=O) groups excluding carboxylic acids is 4. The number of imide groups is 1. The summed E-state index contributed by atoms with van der Waals surface area (Å²) < 4.78 is 7.02. The average molecular weight is 551 g/mol. The van der Waals surface area contributed by atoms with Gasteiger partial charge in [0.1, 0.15) is 0 Å². The second-order valence-electron chi connectivity index (χ2n) is 8.98. The van der Waals surface area contributed by atoms with Gasteiger partial charge in [-0.2, -0.15) is 0 Å². The van der Waals surface area contributed by atoms with E-state index in [1.165, 1.54) is 0 Å². The summed E-state index contributed by atoms with van der Waals surface area (Å²) in [5, 5.41) is 0.398. The van der Waals surface area contributed by atoms with Crippen molar-refractivity contribution in [2.75, 3.05) is 4.90 Å². The van der Waals surface area contributed by atoms with Crippen LogP contribution in [0.2, 0.25) is 5.02 Å². The highest BCUT2D eigenvalue weighted by Crippen LogP contribution is 2.57. The van der Waals surface area contributed by atoms with E-state index in [2.05, 4.69) is 15.9 Å². The third kappa shape index (κ3) is 2.92. The molecule has 0 saturated carbocycles. The Morgan fingerprint density at radius 3 is 2.20 bits per heavy atom. The largest absolute Gasteiger partial charge is 0.349 e. The molecule has 8 heteroatoms. The number of fused-ring (bicyclic) bond motifs is 3. The molecule has 0 N–H and O–H groups in total. The predicted molar refractivity (Wildman–Crippen MR) is 131 cm³/mol. The fraction of sp³-hybridized carbons (Fsp3) is 0.185. The van der Waals surface area contributed by atoms with E-state index in [1.807, 2.05) is 13.0 Å². The molecular formula is C27H17BrClNO5. The number of aryl methyl sites for hydroxylation is 1. The van der Waals surface area contributed by atoms with E-state index in [4.69, 9.17) is 16.3 Å². The highest BCUT2D eigenvalue weighted by atomic mass is 79.9. The van der Waals surface area contributed by atoms with Crippen LogP contribution in [0.25, 0.3) is 0 Å². The van der Waals surface area contributed by atoms with Crippen molar-refractivity contribution in [3.8, 4) is 0 Å². The molecule has 3 aromatic carbocycles. The van der Waals surface area contributed by atoms with Crippen LogP contribution >= 0.6 is 27.5 Å². The Kier molecular flexibility index (Phi) is 4.90. The van der Waals surface area contributed by atoms with Gasteiger partial charge in [0.15, 0.2) is 0 Å². The first kappa shape index (κ1) is 22.3. The van der Waals surface area contributed by atoms with Crippen LogP contribution in [0.3, 0.4) is 0 Å². The Balaban J connectivity index is 1.55. The number of Topliss-reactive ketones (excluding diaryl/α,β-unsaturated/α-hetero) is 2. The highest BCUT2D eigenvalue weighted by Gasteiger charge is 2.74. The summed E-state index contributed by atoms with van der Waals surface area (Å²) in [4.78, 5) is 56.3. The third-order valence-electron chi connectivity index (χ3n) is 7.11. The minimum atomic E-state index is -2.10. The maximum atomic E-state index is 13.9. The number of benzene rings is 3. The average Bonchev–Trinajstić information content (AvgIpc) is 3.41. The molecule has 2 aliphatic heterocycles. The number of carbonyl (C=O) groups is 4. The van der Waals surface area contributed by atoms with Gasteiger partial charge in [-0.15, -0.1) is 0 Å². The van der Waals surface area contributed by atoms with Crippen LogP contribution in [-0.4, -0.2) is 29.0 Å². The number of hydrogen-bond acceptors (Lipinski definition) is 5. The summed E-state index contributed by atoms with van der Waals surface area (Å²) in [6, 6.07) is 18.4. The predicted octanol–water partition coefficient (Wildman–Crippen LogP) is 5.11. The summed E-state index contributed by atoms with van der Waals surface area (Å²) in [6.45, 7) is 1.81. The molecule has 2 amide bonds. The lowest BCUT2D eigenvalue weighted by molar-refractivity contribution is -0.127. The Morgan fingerprint density at radius 2 is 1.57 bits per heavy atom. The Hall–Kier alpha value is -3.13. The molecule has 2 fully saturated rings. The van der Waals surface area contributed by atoms with Crippen molar-refractivity contribution in [1.82, 2.24) is 0 Å². The van der Waals surface area contributed by atoms with Crippen molar-refractivity contribution in [3.63, 3.8) is 0 Å². The smallest absolute Gasteiger partial charge is 0.241 e.